The molecule has 0 radical (unpaired) electrons. The molecule has 1 unspecified atom stereocenters. The van der Waals surface area contributed by atoms with Gasteiger partial charge in [0.05, 0.1) is 19.2 Å². The fraction of sp³-hybridized carbons (Fsp3) is 0.556. The first-order valence-corrected chi connectivity index (χ1v) is 9.01. The summed E-state index contributed by atoms with van der Waals surface area (Å²) in [6.45, 7) is 2.17. The Labute approximate surface area is 177 Å². The van der Waals surface area contributed by atoms with Crippen molar-refractivity contribution in [1.29, 1.82) is 0 Å². The molecule has 0 bridgehead atoms. The van der Waals surface area contributed by atoms with Gasteiger partial charge in [-0.3, -0.25) is 4.79 Å². The van der Waals surface area contributed by atoms with Crippen molar-refractivity contribution in [2.75, 3.05) is 33.8 Å². The third-order valence-electron chi connectivity index (χ3n) is 3.99. The van der Waals surface area contributed by atoms with Gasteiger partial charge in [0.2, 0.25) is 5.91 Å². The summed E-state index contributed by atoms with van der Waals surface area (Å²) in [5.41, 5.74) is 1.02. The Morgan fingerprint density at radius 2 is 2.15 bits per heavy atom. The first-order valence-electron chi connectivity index (χ1n) is 8.63. The number of nitrogens with zero attached hydrogens (tertiary/aromatic N) is 2. The van der Waals surface area contributed by atoms with Gasteiger partial charge in [0.1, 0.15) is 0 Å². The summed E-state index contributed by atoms with van der Waals surface area (Å²) in [6.07, 6.45) is 3.55. The van der Waals surface area contributed by atoms with Crippen molar-refractivity contribution in [1.82, 2.24) is 15.5 Å². The van der Waals surface area contributed by atoms with Gasteiger partial charge in [-0.25, -0.2) is 4.99 Å². The fourth-order valence-electron chi connectivity index (χ4n) is 2.48. The van der Waals surface area contributed by atoms with Crippen molar-refractivity contribution in [3.05, 3.63) is 34.9 Å². The van der Waals surface area contributed by atoms with E-state index in [2.05, 4.69) is 15.6 Å². The number of hydrogen-bond donors (Lipinski definition) is 2. The van der Waals surface area contributed by atoms with Gasteiger partial charge in [-0.15, -0.1) is 24.0 Å². The zero-order chi connectivity index (χ0) is 18.1. The Kier molecular flexibility index (Phi) is 10.9. The Hall–Kier alpha value is -1.06. The quantitative estimate of drug-likeness (QED) is 0.363. The number of ether oxygens (including phenoxy) is 1. The number of halogens is 2. The van der Waals surface area contributed by atoms with Crippen molar-refractivity contribution in [2.24, 2.45) is 4.99 Å². The van der Waals surface area contributed by atoms with Gasteiger partial charge in [0.25, 0.3) is 0 Å². The van der Waals surface area contributed by atoms with Crippen molar-refractivity contribution in [2.45, 2.75) is 31.9 Å². The molecule has 1 atom stereocenters. The van der Waals surface area contributed by atoms with E-state index in [1.807, 2.05) is 24.3 Å². The summed E-state index contributed by atoms with van der Waals surface area (Å²) in [5.74, 6) is 0.593. The van der Waals surface area contributed by atoms with Crippen LogP contribution in [0.15, 0.2) is 29.3 Å². The molecule has 1 aromatic carbocycles. The first-order chi connectivity index (χ1) is 12.0. The maximum absolute atomic E-state index is 11.8. The third-order valence-corrected chi connectivity index (χ3v) is 4.22. The van der Waals surface area contributed by atoms with Gasteiger partial charge in [-0.1, -0.05) is 23.7 Å². The molecule has 26 heavy (non-hydrogen) atoms. The normalized spacial score (nSPS) is 17.2. The summed E-state index contributed by atoms with van der Waals surface area (Å²) in [5, 5.41) is 7.05. The van der Waals surface area contributed by atoms with E-state index in [1.165, 1.54) is 6.42 Å². The number of amides is 1. The highest BCUT2D eigenvalue weighted by molar-refractivity contribution is 14.0. The Balaban J connectivity index is 0.00000338. The van der Waals surface area contributed by atoms with Crippen LogP contribution in [0.25, 0.3) is 0 Å². The molecule has 0 saturated carbocycles. The van der Waals surface area contributed by atoms with Crippen LogP contribution in [0.5, 0.6) is 0 Å². The van der Waals surface area contributed by atoms with Crippen molar-refractivity contribution in [3.63, 3.8) is 0 Å². The second-order valence-corrected chi connectivity index (χ2v) is 6.74. The molecule has 8 heteroatoms. The summed E-state index contributed by atoms with van der Waals surface area (Å²) in [7, 11) is 3.46. The van der Waals surface area contributed by atoms with Crippen LogP contribution in [0.2, 0.25) is 5.02 Å². The minimum Gasteiger partial charge on any atom is -0.376 e. The second-order valence-electron chi connectivity index (χ2n) is 6.31. The van der Waals surface area contributed by atoms with Crippen LogP contribution in [-0.4, -0.2) is 56.7 Å². The minimum atomic E-state index is -0.00817. The number of carbonyl (C=O) groups excluding carboxylic acids is 1. The molecular formula is C18H28ClIN4O2. The number of nitrogens with one attached hydrogen (secondary N) is 2. The second kappa shape index (κ2) is 12.3. The van der Waals surface area contributed by atoms with E-state index in [4.69, 9.17) is 16.3 Å². The molecule has 1 fully saturated rings. The maximum Gasteiger partial charge on any atom is 0.241 e. The van der Waals surface area contributed by atoms with Crippen LogP contribution < -0.4 is 10.6 Å². The highest BCUT2D eigenvalue weighted by atomic mass is 127. The average molecular weight is 495 g/mol. The zero-order valence-corrected chi connectivity index (χ0v) is 18.4. The zero-order valence-electron chi connectivity index (χ0n) is 15.3. The topological polar surface area (TPSA) is 66.0 Å². The van der Waals surface area contributed by atoms with Crippen molar-refractivity contribution >= 4 is 47.4 Å². The molecule has 1 aromatic rings. The Bertz CT molecular complexity index is 592. The van der Waals surface area contributed by atoms with Crippen LogP contribution in [0.4, 0.5) is 0 Å². The van der Waals surface area contributed by atoms with E-state index in [-0.39, 0.29) is 42.5 Å². The summed E-state index contributed by atoms with van der Waals surface area (Å²) in [6, 6.07) is 7.60. The molecule has 0 spiro atoms. The van der Waals surface area contributed by atoms with Crippen LogP contribution >= 0.6 is 35.6 Å². The molecule has 2 rings (SSSR count). The van der Waals surface area contributed by atoms with Crippen LogP contribution in [0, 0.1) is 0 Å². The fourth-order valence-corrected chi connectivity index (χ4v) is 2.69. The number of carbonyl (C=O) groups is 1. The number of hydrogen-bond acceptors (Lipinski definition) is 3. The lowest BCUT2D eigenvalue weighted by Crippen LogP contribution is -2.45. The molecule has 1 aliphatic heterocycles. The molecule has 6 nitrogen and oxygen atoms in total. The van der Waals surface area contributed by atoms with Gasteiger partial charge < -0.3 is 20.3 Å². The summed E-state index contributed by atoms with van der Waals surface area (Å²) >= 11 is 6.01. The van der Waals surface area contributed by atoms with Gasteiger partial charge >= 0.3 is 0 Å². The highest BCUT2D eigenvalue weighted by Gasteiger charge is 2.14. The largest absolute Gasteiger partial charge is 0.376 e. The number of rotatable bonds is 6. The van der Waals surface area contributed by atoms with Crippen molar-refractivity contribution in [3.8, 4) is 0 Å². The smallest absolute Gasteiger partial charge is 0.241 e. The van der Waals surface area contributed by atoms with Gasteiger partial charge in [0, 0.05) is 32.3 Å². The summed E-state index contributed by atoms with van der Waals surface area (Å²) in [4.78, 5) is 17.9. The lowest BCUT2D eigenvalue weighted by Gasteiger charge is -2.24. The minimum absolute atomic E-state index is 0. The molecular weight excluding hydrogens is 467 g/mol. The Morgan fingerprint density at radius 3 is 2.81 bits per heavy atom. The monoisotopic (exact) mass is 494 g/mol. The standard InChI is InChI=1S/C18H27ClN4O2.HI/c1-23(2)17(24)13-22-18(21-12-16-8-3-4-9-25-16)20-11-14-6-5-7-15(19)10-14;/h5-7,10,16H,3-4,8-9,11-13H2,1-2H3,(H2,20,21,22);1H. The molecule has 0 aliphatic carbocycles. The first kappa shape index (κ1) is 23.0. The molecule has 1 heterocycles. The van der Waals surface area contributed by atoms with Gasteiger partial charge in [0.15, 0.2) is 5.96 Å². The Morgan fingerprint density at radius 1 is 1.35 bits per heavy atom. The molecule has 0 aromatic heterocycles. The van der Waals surface area contributed by atoms with Gasteiger partial charge in [-0.05, 0) is 37.0 Å². The van der Waals surface area contributed by atoms with E-state index in [0.29, 0.717) is 24.1 Å². The lowest BCUT2D eigenvalue weighted by atomic mass is 10.1. The van der Waals surface area contributed by atoms with Crippen LogP contribution in [0.3, 0.4) is 0 Å². The average Bonchev–Trinajstić information content (AvgIpc) is 2.61. The van der Waals surface area contributed by atoms with Crippen LogP contribution in [0.1, 0.15) is 24.8 Å². The highest BCUT2D eigenvalue weighted by Crippen LogP contribution is 2.12. The molecule has 1 saturated heterocycles. The SMILES string of the molecule is CN(C)C(=O)CNC(=NCc1cccc(Cl)c1)NCC1CCCCO1.I. The molecule has 1 amide bonds. The number of benzene rings is 1. The predicted molar refractivity (Wildman–Crippen MR) is 116 cm³/mol. The predicted octanol–water partition coefficient (Wildman–Crippen LogP) is 2.65. The number of likely N-dealkylation sites (N-methyl/N-ethyl adjacent to an activating group) is 1. The van der Waals surface area contributed by atoms with Gasteiger partial charge in [-0.2, -0.15) is 0 Å². The maximum atomic E-state index is 11.8. The van der Waals surface area contributed by atoms with E-state index in [0.717, 1.165) is 25.0 Å². The van der Waals surface area contributed by atoms with Crippen molar-refractivity contribution < 1.29 is 9.53 Å². The molecule has 1 aliphatic rings. The number of aliphatic imine (C=N–C) groups is 1. The summed E-state index contributed by atoms with van der Waals surface area (Å²) < 4.78 is 5.73. The number of guanidine groups is 1. The third kappa shape index (κ3) is 8.55. The van der Waals surface area contributed by atoms with Crippen LogP contribution in [-0.2, 0) is 16.1 Å². The lowest BCUT2D eigenvalue weighted by molar-refractivity contribution is -0.127. The molecule has 146 valence electrons. The van der Waals surface area contributed by atoms with E-state index >= 15 is 0 Å². The van der Waals surface area contributed by atoms with E-state index in [9.17, 15) is 4.79 Å². The van der Waals surface area contributed by atoms with E-state index in [1.54, 1.807) is 19.0 Å². The molecule has 2 N–H and O–H groups in total. The van der Waals surface area contributed by atoms with E-state index < -0.39 is 0 Å².